The zero-order valence-electron chi connectivity index (χ0n) is 9.92. The van der Waals surface area contributed by atoms with Crippen LogP contribution in [0.15, 0.2) is 22.7 Å². The molecule has 0 saturated carbocycles. The van der Waals surface area contributed by atoms with E-state index in [0.29, 0.717) is 16.6 Å². The third kappa shape index (κ3) is 3.53. The number of carbonyl (C=O) groups excluding carboxylic acids is 1. The molecular weight excluding hydrogens is 301 g/mol. The Morgan fingerprint density at radius 1 is 1.56 bits per heavy atom. The molecule has 1 amide bonds. The summed E-state index contributed by atoms with van der Waals surface area (Å²) in [5.74, 6) is -0.679. The Morgan fingerprint density at radius 2 is 2.39 bits per heavy atom. The van der Waals surface area contributed by atoms with E-state index in [1.54, 1.807) is 0 Å². The predicted octanol–water partition coefficient (Wildman–Crippen LogP) is 2.89. The van der Waals surface area contributed by atoms with Crippen LogP contribution in [0.2, 0.25) is 0 Å². The van der Waals surface area contributed by atoms with Crippen LogP contribution in [0, 0.1) is 5.82 Å². The fourth-order valence-electron chi connectivity index (χ4n) is 1.99. The van der Waals surface area contributed by atoms with Gasteiger partial charge in [-0.15, -0.1) is 0 Å². The summed E-state index contributed by atoms with van der Waals surface area (Å²) in [4.78, 5) is 11.8. The van der Waals surface area contributed by atoms with Crippen LogP contribution in [0.25, 0.3) is 0 Å². The first kappa shape index (κ1) is 13.5. The maximum atomic E-state index is 13.1. The number of nitrogens with one attached hydrogen (secondary N) is 1. The fourth-order valence-corrected chi connectivity index (χ4v) is 2.41. The smallest absolute Gasteiger partial charge is 0.252 e. The van der Waals surface area contributed by atoms with Crippen LogP contribution in [0.3, 0.4) is 0 Å². The summed E-state index contributed by atoms with van der Waals surface area (Å²) in [7, 11) is 0. The lowest BCUT2D eigenvalue weighted by atomic mass is 10.1. The van der Waals surface area contributed by atoms with Crippen molar-refractivity contribution >= 4 is 21.8 Å². The van der Waals surface area contributed by atoms with Crippen molar-refractivity contribution in [2.24, 2.45) is 0 Å². The van der Waals surface area contributed by atoms with Gasteiger partial charge >= 0.3 is 0 Å². The van der Waals surface area contributed by atoms with Gasteiger partial charge in [-0.3, -0.25) is 4.79 Å². The maximum absolute atomic E-state index is 13.1. The Morgan fingerprint density at radius 3 is 3.11 bits per heavy atom. The lowest BCUT2D eigenvalue weighted by Crippen LogP contribution is -2.27. The average Bonchev–Trinajstić information content (AvgIpc) is 2.85. The predicted molar refractivity (Wildman–Crippen MR) is 70.0 cm³/mol. The van der Waals surface area contributed by atoms with Crippen molar-refractivity contribution in [1.82, 2.24) is 5.32 Å². The van der Waals surface area contributed by atoms with Crippen molar-refractivity contribution in [2.75, 3.05) is 13.2 Å². The molecule has 5 heteroatoms. The standard InChI is InChI=1S/C13H15BrFNO2/c14-12-4-3-9(15)8-11(12)13(17)16-6-5-10-2-1-7-18-10/h3-4,8,10H,1-2,5-7H2,(H,16,17). The van der Waals surface area contributed by atoms with E-state index in [9.17, 15) is 9.18 Å². The van der Waals surface area contributed by atoms with Gasteiger partial charge in [0.1, 0.15) is 5.82 Å². The zero-order valence-corrected chi connectivity index (χ0v) is 11.5. The molecule has 1 aromatic rings. The molecule has 1 heterocycles. The maximum Gasteiger partial charge on any atom is 0.252 e. The summed E-state index contributed by atoms with van der Waals surface area (Å²) in [5.41, 5.74) is 0.322. The summed E-state index contributed by atoms with van der Waals surface area (Å²) in [6.45, 7) is 1.36. The molecule has 1 aliphatic rings. The van der Waals surface area contributed by atoms with Crippen LogP contribution in [-0.4, -0.2) is 25.2 Å². The summed E-state index contributed by atoms with van der Waals surface area (Å²) in [6.07, 6.45) is 3.20. The molecule has 1 fully saturated rings. The first-order valence-corrected chi connectivity index (χ1v) is 6.81. The van der Waals surface area contributed by atoms with Crippen LogP contribution < -0.4 is 5.32 Å². The van der Waals surface area contributed by atoms with Gasteiger partial charge in [0.05, 0.1) is 11.7 Å². The van der Waals surface area contributed by atoms with E-state index in [-0.39, 0.29) is 12.0 Å². The Balaban J connectivity index is 1.85. The van der Waals surface area contributed by atoms with Gasteiger partial charge in [-0.1, -0.05) is 0 Å². The first-order chi connectivity index (χ1) is 8.66. The highest BCUT2D eigenvalue weighted by molar-refractivity contribution is 9.10. The topological polar surface area (TPSA) is 38.3 Å². The lowest BCUT2D eigenvalue weighted by Gasteiger charge is -2.10. The van der Waals surface area contributed by atoms with E-state index < -0.39 is 5.82 Å². The summed E-state index contributed by atoms with van der Waals surface area (Å²) < 4.78 is 19.1. The molecule has 1 aromatic carbocycles. The number of rotatable bonds is 4. The van der Waals surface area contributed by atoms with Crippen molar-refractivity contribution in [3.8, 4) is 0 Å². The Labute approximate surface area is 114 Å². The summed E-state index contributed by atoms with van der Waals surface area (Å²) in [6, 6.07) is 4.07. The summed E-state index contributed by atoms with van der Waals surface area (Å²) >= 11 is 3.24. The van der Waals surface area contributed by atoms with E-state index in [1.165, 1.54) is 18.2 Å². The highest BCUT2D eigenvalue weighted by Gasteiger charge is 2.16. The molecule has 1 aliphatic heterocycles. The summed E-state index contributed by atoms with van der Waals surface area (Å²) in [5, 5.41) is 2.78. The quantitative estimate of drug-likeness (QED) is 0.927. The lowest BCUT2D eigenvalue weighted by molar-refractivity contribution is 0.0906. The number of hydrogen-bond donors (Lipinski definition) is 1. The van der Waals surface area contributed by atoms with Crippen LogP contribution in [0.1, 0.15) is 29.6 Å². The van der Waals surface area contributed by atoms with Gasteiger partial charge < -0.3 is 10.1 Å². The minimum Gasteiger partial charge on any atom is -0.378 e. The number of hydrogen-bond acceptors (Lipinski definition) is 2. The molecule has 0 bridgehead atoms. The number of ether oxygens (including phenoxy) is 1. The van der Waals surface area contributed by atoms with E-state index >= 15 is 0 Å². The number of halogens is 2. The molecule has 0 spiro atoms. The average molecular weight is 316 g/mol. The first-order valence-electron chi connectivity index (χ1n) is 6.01. The van der Waals surface area contributed by atoms with Crippen LogP contribution in [0.5, 0.6) is 0 Å². The van der Waals surface area contributed by atoms with E-state index in [0.717, 1.165) is 25.9 Å². The van der Waals surface area contributed by atoms with Crippen LogP contribution in [-0.2, 0) is 4.74 Å². The largest absolute Gasteiger partial charge is 0.378 e. The fraction of sp³-hybridized carbons (Fsp3) is 0.462. The Kier molecular flexibility index (Phi) is 4.72. The van der Waals surface area contributed by atoms with Gasteiger partial charge in [0.25, 0.3) is 5.91 Å². The van der Waals surface area contributed by atoms with Crippen molar-refractivity contribution in [3.05, 3.63) is 34.1 Å². The zero-order chi connectivity index (χ0) is 13.0. The molecule has 0 aromatic heterocycles. The molecule has 2 rings (SSSR count). The minimum absolute atomic E-state index is 0.251. The molecule has 98 valence electrons. The molecular formula is C13H15BrFNO2. The van der Waals surface area contributed by atoms with Crippen LogP contribution in [0.4, 0.5) is 4.39 Å². The van der Waals surface area contributed by atoms with E-state index in [1.807, 2.05) is 0 Å². The van der Waals surface area contributed by atoms with E-state index in [4.69, 9.17) is 4.74 Å². The van der Waals surface area contributed by atoms with Crippen molar-refractivity contribution in [1.29, 1.82) is 0 Å². The molecule has 1 unspecified atom stereocenters. The van der Waals surface area contributed by atoms with Gasteiger partial charge in [-0.25, -0.2) is 4.39 Å². The number of benzene rings is 1. The van der Waals surface area contributed by atoms with Crippen molar-refractivity contribution in [3.63, 3.8) is 0 Å². The number of amides is 1. The molecule has 1 N–H and O–H groups in total. The van der Waals surface area contributed by atoms with E-state index in [2.05, 4.69) is 21.2 Å². The minimum atomic E-state index is -0.414. The monoisotopic (exact) mass is 315 g/mol. The molecule has 0 radical (unpaired) electrons. The van der Waals surface area contributed by atoms with Crippen LogP contribution >= 0.6 is 15.9 Å². The SMILES string of the molecule is O=C(NCCC1CCCO1)c1cc(F)ccc1Br. The second-order valence-corrected chi connectivity index (χ2v) is 5.16. The highest BCUT2D eigenvalue weighted by Crippen LogP contribution is 2.18. The van der Waals surface area contributed by atoms with Crippen molar-refractivity contribution in [2.45, 2.75) is 25.4 Å². The number of carbonyl (C=O) groups is 1. The molecule has 1 atom stereocenters. The molecule has 1 saturated heterocycles. The van der Waals surface area contributed by atoms with Crippen molar-refractivity contribution < 1.29 is 13.9 Å². The third-order valence-electron chi connectivity index (χ3n) is 2.95. The van der Waals surface area contributed by atoms with Gasteiger partial charge in [-0.2, -0.15) is 0 Å². The molecule has 0 aliphatic carbocycles. The van der Waals surface area contributed by atoms with Gasteiger partial charge in [0.2, 0.25) is 0 Å². The Bertz CT molecular complexity index is 433. The van der Waals surface area contributed by atoms with Gasteiger partial charge in [-0.05, 0) is 53.4 Å². The normalized spacial score (nSPS) is 18.9. The second kappa shape index (κ2) is 6.29. The molecule has 18 heavy (non-hydrogen) atoms. The second-order valence-electron chi connectivity index (χ2n) is 4.30. The highest BCUT2D eigenvalue weighted by atomic mass is 79.9. The van der Waals surface area contributed by atoms with Gasteiger partial charge in [0, 0.05) is 17.6 Å². The third-order valence-corrected chi connectivity index (χ3v) is 3.64. The Hall–Kier alpha value is -0.940. The molecule has 3 nitrogen and oxygen atoms in total. The van der Waals surface area contributed by atoms with Gasteiger partial charge in [0.15, 0.2) is 0 Å².